The topological polar surface area (TPSA) is 44.8 Å². The third kappa shape index (κ3) is 4.13. The monoisotopic (exact) mass is 338 g/mol. The summed E-state index contributed by atoms with van der Waals surface area (Å²) in [5.74, 6) is 1.28. The standard InChI is InChI=1S/C20H34O4/c1-3-4-5-6-7-9-20(22-11-12-23-20)10-8-16-15(2)13-18-17(16)14-19(21)24-18/h15-18H,3-14H2,1-2H3. The summed E-state index contributed by atoms with van der Waals surface area (Å²) in [6, 6.07) is 0. The summed E-state index contributed by atoms with van der Waals surface area (Å²) in [7, 11) is 0. The predicted octanol–water partition coefficient (Wildman–Crippen LogP) is 4.46. The minimum absolute atomic E-state index is 0.000837. The van der Waals surface area contributed by atoms with E-state index in [9.17, 15) is 4.79 Å². The summed E-state index contributed by atoms with van der Waals surface area (Å²) < 4.78 is 17.6. The van der Waals surface area contributed by atoms with E-state index in [0.29, 0.717) is 24.2 Å². The van der Waals surface area contributed by atoms with Crippen LogP contribution in [0, 0.1) is 17.8 Å². The molecule has 2 aliphatic heterocycles. The molecule has 4 unspecified atom stereocenters. The van der Waals surface area contributed by atoms with Gasteiger partial charge in [-0.3, -0.25) is 4.79 Å². The summed E-state index contributed by atoms with van der Waals surface area (Å²) in [4.78, 5) is 11.6. The van der Waals surface area contributed by atoms with Crippen LogP contribution in [0.1, 0.15) is 78.1 Å². The number of hydrogen-bond acceptors (Lipinski definition) is 4. The van der Waals surface area contributed by atoms with E-state index in [-0.39, 0.29) is 17.9 Å². The fourth-order valence-electron chi connectivity index (χ4n) is 5.04. The van der Waals surface area contributed by atoms with Crippen LogP contribution in [-0.2, 0) is 19.0 Å². The van der Waals surface area contributed by atoms with E-state index in [0.717, 1.165) is 38.9 Å². The maximum absolute atomic E-state index is 11.6. The summed E-state index contributed by atoms with van der Waals surface area (Å²) in [6.07, 6.45) is 11.3. The highest BCUT2D eigenvalue weighted by atomic mass is 16.7. The molecule has 3 aliphatic rings. The van der Waals surface area contributed by atoms with Gasteiger partial charge >= 0.3 is 5.97 Å². The summed E-state index contributed by atoms with van der Waals surface area (Å²) >= 11 is 0. The Kier molecular flexibility index (Phi) is 6.20. The van der Waals surface area contributed by atoms with Crippen LogP contribution in [0.4, 0.5) is 0 Å². The van der Waals surface area contributed by atoms with Crippen LogP contribution >= 0.6 is 0 Å². The average molecular weight is 338 g/mol. The van der Waals surface area contributed by atoms with E-state index >= 15 is 0 Å². The Morgan fingerprint density at radius 3 is 2.58 bits per heavy atom. The minimum atomic E-state index is -0.354. The second-order valence-electron chi connectivity index (χ2n) is 8.08. The molecule has 0 aromatic rings. The Morgan fingerprint density at radius 1 is 1.08 bits per heavy atom. The molecule has 0 radical (unpaired) electrons. The second-order valence-corrected chi connectivity index (χ2v) is 8.08. The molecule has 138 valence electrons. The Balaban J connectivity index is 1.49. The molecule has 1 saturated carbocycles. The van der Waals surface area contributed by atoms with Gasteiger partial charge in [0.05, 0.1) is 19.6 Å². The van der Waals surface area contributed by atoms with Crippen LogP contribution < -0.4 is 0 Å². The zero-order valence-corrected chi connectivity index (χ0v) is 15.4. The van der Waals surface area contributed by atoms with Gasteiger partial charge in [0.2, 0.25) is 0 Å². The quantitative estimate of drug-likeness (QED) is 0.460. The van der Waals surface area contributed by atoms with E-state index in [4.69, 9.17) is 14.2 Å². The van der Waals surface area contributed by atoms with Crippen molar-refractivity contribution in [2.75, 3.05) is 13.2 Å². The molecule has 1 aliphatic carbocycles. The van der Waals surface area contributed by atoms with Crippen molar-refractivity contribution in [1.82, 2.24) is 0 Å². The number of carbonyl (C=O) groups is 1. The van der Waals surface area contributed by atoms with Gasteiger partial charge in [-0.05, 0) is 31.1 Å². The first-order valence-corrected chi connectivity index (χ1v) is 10.1. The molecule has 0 N–H and O–H groups in total. The molecule has 4 nitrogen and oxygen atoms in total. The van der Waals surface area contributed by atoms with Gasteiger partial charge in [-0.15, -0.1) is 0 Å². The third-order valence-electron chi connectivity index (χ3n) is 6.38. The number of rotatable bonds is 9. The van der Waals surface area contributed by atoms with Crippen molar-refractivity contribution in [3.05, 3.63) is 0 Å². The molecule has 2 saturated heterocycles. The van der Waals surface area contributed by atoms with Crippen molar-refractivity contribution in [2.24, 2.45) is 17.8 Å². The smallest absolute Gasteiger partial charge is 0.306 e. The highest BCUT2D eigenvalue weighted by molar-refractivity contribution is 5.72. The van der Waals surface area contributed by atoms with Crippen LogP contribution in [0.25, 0.3) is 0 Å². The number of ether oxygens (including phenoxy) is 3. The van der Waals surface area contributed by atoms with Gasteiger partial charge < -0.3 is 14.2 Å². The molecule has 0 amide bonds. The number of carbonyl (C=O) groups excluding carboxylic acids is 1. The van der Waals surface area contributed by atoms with Gasteiger partial charge in [-0.1, -0.05) is 39.5 Å². The fourth-order valence-corrected chi connectivity index (χ4v) is 5.04. The first kappa shape index (κ1) is 18.2. The van der Waals surface area contributed by atoms with Crippen LogP contribution in [0.3, 0.4) is 0 Å². The molecule has 2 heterocycles. The maximum atomic E-state index is 11.6. The highest BCUT2D eigenvalue weighted by Crippen LogP contribution is 2.48. The molecule has 3 rings (SSSR count). The predicted molar refractivity (Wildman–Crippen MR) is 92.5 cm³/mol. The van der Waals surface area contributed by atoms with Gasteiger partial charge in [0, 0.05) is 18.8 Å². The zero-order chi connectivity index (χ0) is 17.0. The maximum Gasteiger partial charge on any atom is 0.306 e. The van der Waals surface area contributed by atoms with Gasteiger partial charge in [0.25, 0.3) is 0 Å². The molecule has 4 atom stereocenters. The lowest BCUT2D eigenvalue weighted by molar-refractivity contribution is -0.171. The molecule has 24 heavy (non-hydrogen) atoms. The van der Waals surface area contributed by atoms with E-state index in [2.05, 4.69) is 13.8 Å². The first-order valence-electron chi connectivity index (χ1n) is 10.1. The van der Waals surface area contributed by atoms with Crippen molar-refractivity contribution < 1.29 is 19.0 Å². The molecule has 0 bridgehead atoms. The lowest BCUT2D eigenvalue weighted by atomic mass is 9.83. The fraction of sp³-hybridized carbons (Fsp3) is 0.950. The lowest BCUT2D eigenvalue weighted by Crippen LogP contribution is -2.32. The van der Waals surface area contributed by atoms with E-state index in [1.165, 1.54) is 32.1 Å². The van der Waals surface area contributed by atoms with E-state index < -0.39 is 0 Å². The summed E-state index contributed by atoms with van der Waals surface area (Å²) in [6.45, 7) is 6.01. The molecule has 4 heteroatoms. The van der Waals surface area contributed by atoms with Crippen LogP contribution in [0.2, 0.25) is 0 Å². The third-order valence-corrected chi connectivity index (χ3v) is 6.38. The number of hydrogen-bond donors (Lipinski definition) is 0. The lowest BCUT2D eigenvalue weighted by Gasteiger charge is -2.30. The first-order chi connectivity index (χ1) is 11.6. The normalized spacial score (nSPS) is 34.5. The van der Waals surface area contributed by atoms with Gasteiger partial charge in [-0.2, -0.15) is 0 Å². The average Bonchev–Trinajstić information content (AvgIpc) is 3.21. The zero-order valence-electron chi connectivity index (χ0n) is 15.4. The SMILES string of the molecule is CCCCCCCC1(CCC2C(C)CC3OC(=O)CC32)OCCO1. The van der Waals surface area contributed by atoms with Gasteiger partial charge in [0.1, 0.15) is 6.10 Å². The number of esters is 1. The van der Waals surface area contributed by atoms with Crippen molar-refractivity contribution in [2.45, 2.75) is 89.9 Å². The molecular formula is C20H34O4. The van der Waals surface area contributed by atoms with Crippen LogP contribution in [0.5, 0.6) is 0 Å². The molecule has 0 aromatic heterocycles. The van der Waals surface area contributed by atoms with E-state index in [1.54, 1.807) is 0 Å². The number of unbranched alkanes of at least 4 members (excludes halogenated alkanes) is 4. The van der Waals surface area contributed by atoms with Crippen molar-refractivity contribution in [1.29, 1.82) is 0 Å². The minimum Gasteiger partial charge on any atom is -0.462 e. The van der Waals surface area contributed by atoms with Crippen molar-refractivity contribution in [3.63, 3.8) is 0 Å². The molecule has 3 fully saturated rings. The Morgan fingerprint density at radius 2 is 1.83 bits per heavy atom. The molecular weight excluding hydrogens is 304 g/mol. The van der Waals surface area contributed by atoms with Crippen LogP contribution in [-0.4, -0.2) is 31.1 Å². The van der Waals surface area contributed by atoms with Crippen LogP contribution in [0.15, 0.2) is 0 Å². The summed E-state index contributed by atoms with van der Waals surface area (Å²) in [5.41, 5.74) is 0. The Hall–Kier alpha value is -0.610. The van der Waals surface area contributed by atoms with Crippen molar-refractivity contribution >= 4 is 5.97 Å². The Bertz CT molecular complexity index is 416. The van der Waals surface area contributed by atoms with Crippen molar-refractivity contribution in [3.8, 4) is 0 Å². The van der Waals surface area contributed by atoms with E-state index in [1.807, 2.05) is 0 Å². The Labute approximate surface area is 146 Å². The second kappa shape index (κ2) is 8.18. The molecule has 0 spiro atoms. The molecule has 0 aromatic carbocycles. The largest absolute Gasteiger partial charge is 0.462 e. The van der Waals surface area contributed by atoms with Gasteiger partial charge in [0.15, 0.2) is 5.79 Å². The number of fused-ring (bicyclic) bond motifs is 1. The summed E-state index contributed by atoms with van der Waals surface area (Å²) in [5, 5.41) is 0. The highest BCUT2D eigenvalue weighted by Gasteiger charge is 2.49. The van der Waals surface area contributed by atoms with Gasteiger partial charge in [-0.25, -0.2) is 0 Å².